The second-order valence-corrected chi connectivity index (χ2v) is 6.57. The Bertz CT molecular complexity index is 478. The first kappa shape index (κ1) is 21.5. The molecule has 6 heteroatoms. The summed E-state index contributed by atoms with van der Waals surface area (Å²) in [5.41, 5.74) is 5.91. The number of hydrogen-bond acceptors (Lipinski definition) is 2. The average molecular weight is 368 g/mol. The molecular weight excluding hydrogens is 343 g/mol. The molecule has 1 rings (SSSR count). The highest BCUT2D eigenvalue weighted by Crippen LogP contribution is 2.28. The highest BCUT2D eigenvalue weighted by atomic mass is 35.5. The summed E-state index contributed by atoms with van der Waals surface area (Å²) in [5.74, 6) is 0.0545. The van der Waals surface area contributed by atoms with Gasteiger partial charge < -0.3 is 11.1 Å². The van der Waals surface area contributed by atoms with Gasteiger partial charge in [-0.15, -0.1) is 12.4 Å². The van der Waals surface area contributed by atoms with Crippen molar-refractivity contribution in [3.05, 3.63) is 33.8 Å². The normalized spacial score (nSPS) is 11.0. The fraction of sp³-hybridized carbons (Fsp3) is 0.562. The van der Waals surface area contributed by atoms with Crippen molar-refractivity contribution in [2.75, 3.05) is 6.54 Å². The molecule has 0 aliphatic carbocycles. The summed E-state index contributed by atoms with van der Waals surface area (Å²) < 4.78 is 0. The van der Waals surface area contributed by atoms with Crippen molar-refractivity contribution in [3.8, 4) is 0 Å². The molecule has 0 spiro atoms. The van der Waals surface area contributed by atoms with Gasteiger partial charge in [0.05, 0.1) is 15.6 Å². The highest BCUT2D eigenvalue weighted by molar-refractivity contribution is 6.42. The number of halogens is 3. The van der Waals surface area contributed by atoms with Crippen molar-refractivity contribution in [2.45, 2.75) is 51.5 Å². The number of nitrogens with one attached hydrogen (secondary N) is 1. The van der Waals surface area contributed by atoms with Crippen LogP contribution >= 0.6 is 35.6 Å². The number of amides is 1. The van der Waals surface area contributed by atoms with Gasteiger partial charge in [0, 0.05) is 6.42 Å². The van der Waals surface area contributed by atoms with Crippen molar-refractivity contribution >= 4 is 41.5 Å². The molecule has 0 heterocycles. The summed E-state index contributed by atoms with van der Waals surface area (Å²) >= 11 is 12.0. The second kappa shape index (κ2) is 10.3. The minimum absolute atomic E-state index is 0. The van der Waals surface area contributed by atoms with Gasteiger partial charge in [-0.3, -0.25) is 4.79 Å². The molecule has 0 aromatic heterocycles. The molecule has 0 bridgehead atoms. The average Bonchev–Trinajstić information content (AvgIpc) is 2.41. The summed E-state index contributed by atoms with van der Waals surface area (Å²) in [5, 5.41) is 4.06. The molecule has 0 aliphatic rings. The van der Waals surface area contributed by atoms with E-state index in [0.717, 1.165) is 37.8 Å². The zero-order valence-electron chi connectivity index (χ0n) is 13.1. The molecule has 1 aromatic rings. The van der Waals surface area contributed by atoms with Crippen molar-refractivity contribution < 1.29 is 4.79 Å². The van der Waals surface area contributed by atoms with Crippen LogP contribution in [0.25, 0.3) is 0 Å². The minimum atomic E-state index is -0.470. The van der Waals surface area contributed by atoms with E-state index in [9.17, 15) is 4.79 Å². The fourth-order valence-corrected chi connectivity index (χ4v) is 2.45. The topological polar surface area (TPSA) is 55.1 Å². The Morgan fingerprint density at radius 1 is 1.14 bits per heavy atom. The third kappa shape index (κ3) is 7.19. The molecule has 0 atom stereocenters. The summed E-state index contributed by atoms with van der Waals surface area (Å²) in [6.07, 6.45) is 4.58. The first-order chi connectivity index (χ1) is 9.86. The van der Waals surface area contributed by atoms with E-state index >= 15 is 0 Å². The number of carbonyl (C=O) groups is 1. The van der Waals surface area contributed by atoms with E-state index in [1.165, 1.54) is 0 Å². The zero-order valence-corrected chi connectivity index (χ0v) is 15.5. The lowest BCUT2D eigenvalue weighted by atomic mass is 9.94. The first-order valence-electron chi connectivity index (χ1n) is 7.33. The molecule has 126 valence electrons. The van der Waals surface area contributed by atoms with Crippen molar-refractivity contribution in [1.82, 2.24) is 5.32 Å². The Hall–Kier alpha value is -0.480. The maximum absolute atomic E-state index is 12.0. The van der Waals surface area contributed by atoms with Crippen LogP contribution in [0.15, 0.2) is 18.2 Å². The molecule has 3 N–H and O–H groups in total. The number of nitrogens with two attached hydrogens (primary N) is 1. The number of benzene rings is 1. The molecule has 0 radical (unpaired) electrons. The predicted octanol–water partition coefficient (Wildman–Crippen LogP) is 4.68. The zero-order chi connectivity index (χ0) is 15.9. The molecule has 0 aliphatic heterocycles. The van der Waals surface area contributed by atoms with Crippen LogP contribution in [-0.4, -0.2) is 12.5 Å². The fourth-order valence-electron chi connectivity index (χ4n) is 2.15. The van der Waals surface area contributed by atoms with Gasteiger partial charge in [-0.1, -0.05) is 42.1 Å². The Kier molecular flexibility index (Phi) is 10.1. The van der Waals surface area contributed by atoms with Crippen molar-refractivity contribution in [3.63, 3.8) is 0 Å². The first-order valence-corrected chi connectivity index (χ1v) is 8.09. The van der Waals surface area contributed by atoms with E-state index in [4.69, 9.17) is 28.9 Å². The highest BCUT2D eigenvalue weighted by Gasteiger charge is 2.23. The van der Waals surface area contributed by atoms with Crippen LogP contribution in [0.2, 0.25) is 10.0 Å². The Morgan fingerprint density at radius 3 is 2.36 bits per heavy atom. The van der Waals surface area contributed by atoms with Crippen LogP contribution < -0.4 is 11.1 Å². The van der Waals surface area contributed by atoms with E-state index < -0.39 is 5.54 Å². The van der Waals surface area contributed by atoms with Crippen LogP contribution in [0.5, 0.6) is 0 Å². The molecule has 3 nitrogen and oxygen atoms in total. The van der Waals surface area contributed by atoms with Gasteiger partial charge in [0.25, 0.3) is 0 Å². The number of unbranched alkanes of at least 4 members (excludes halogenated alkanes) is 3. The van der Waals surface area contributed by atoms with Crippen LogP contribution in [0.4, 0.5) is 0 Å². The third-order valence-corrected chi connectivity index (χ3v) is 4.19. The summed E-state index contributed by atoms with van der Waals surface area (Å²) in [7, 11) is 0. The second-order valence-electron chi connectivity index (χ2n) is 5.75. The van der Waals surface area contributed by atoms with Gasteiger partial charge in [0.15, 0.2) is 0 Å². The van der Waals surface area contributed by atoms with Crippen LogP contribution in [-0.2, 0) is 10.3 Å². The van der Waals surface area contributed by atoms with Gasteiger partial charge in [-0.05, 0) is 50.9 Å². The molecule has 0 fully saturated rings. The van der Waals surface area contributed by atoms with Gasteiger partial charge in [-0.2, -0.15) is 0 Å². The van der Waals surface area contributed by atoms with Crippen molar-refractivity contribution in [1.29, 1.82) is 0 Å². The van der Waals surface area contributed by atoms with Crippen LogP contribution in [0, 0.1) is 0 Å². The lowest BCUT2D eigenvalue weighted by Gasteiger charge is -2.27. The minimum Gasteiger partial charge on any atom is -0.347 e. The standard InChI is InChI=1S/C16H24Cl2N2O.ClH/c1-16(2,12-8-9-13(17)14(18)11-12)20-15(21)7-5-3-4-6-10-19;/h8-9,11H,3-7,10,19H2,1-2H3,(H,20,21);1H. The Labute approximate surface area is 149 Å². The van der Waals surface area contributed by atoms with Crippen LogP contribution in [0.1, 0.15) is 51.5 Å². The van der Waals surface area contributed by atoms with Gasteiger partial charge in [0.1, 0.15) is 0 Å². The van der Waals surface area contributed by atoms with E-state index in [0.29, 0.717) is 16.5 Å². The van der Waals surface area contributed by atoms with Crippen molar-refractivity contribution in [2.24, 2.45) is 5.73 Å². The molecule has 1 amide bonds. The van der Waals surface area contributed by atoms with E-state index in [1.807, 2.05) is 19.9 Å². The molecule has 0 saturated carbocycles. The monoisotopic (exact) mass is 366 g/mol. The molecule has 22 heavy (non-hydrogen) atoms. The SMILES string of the molecule is CC(C)(NC(=O)CCCCCCN)c1ccc(Cl)c(Cl)c1.Cl. The third-order valence-electron chi connectivity index (χ3n) is 3.45. The Morgan fingerprint density at radius 2 is 1.77 bits per heavy atom. The summed E-state index contributed by atoms with van der Waals surface area (Å²) in [6, 6.07) is 5.43. The molecule has 0 unspecified atom stereocenters. The van der Waals surface area contributed by atoms with Gasteiger partial charge >= 0.3 is 0 Å². The maximum atomic E-state index is 12.0. The predicted molar refractivity (Wildman–Crippen MR) is 97.0 cm³/mol. The Balaban J connectivity index is 0.00000441. The smallest absolute Gasteiger partial charge is 0.220 e. The van der Waals surface area contributed by atoms with E-state index in [-0.39, 0.29) is 18.3 Å². The lowest BCUT2D eigenvalue weighted by molar-refractivity contribution is -0.122. The molecular formula is C16H25Cl3N2O. The summed E-state index contributed by atoms with van der Waals surface area (Å²) in [4.78, 5) is 12.0. The van der Waals surface area contributed by atoms with E-state index in [2.05, 4.69) is 5.32 Å². The quantitative estimate of drug-likeness (QED) is 0.656. The maximum Gasteiger partial charge on any atom is 0.220 e. The van der Waals surface area contributed by atoms with Gasteiger partial charge in [-0.25, -0.2) is 0 Å². The van der Waals surface area contributed by atoms with E-state index in [1.54, 1.807) is 12.1 Å². The largest absolute Gasteiger partial charge is 0.347 e. The number of hydrogen-bond donors (Lipinski definition) is 2. The van der Waals surface area contributed by atoms with Crippen LogP contribution in [0.3, 0.4) is 0 Å². The van der Waals surface area contributed by atoms with Gasteiger partial charge in [0.2, 0.25) is 5.91 Å². The number of carbonyl (C=O) groups excluding carboxylic acids is 1. The molecule has 1 aromatic carbocycles. The lowest BCUT2D eigenvalue weighted by Crippen LogP contribution is -2.40. The summed E-state index contributed by atoms with van der Waals surface area (Å²) in [6.45, 7) is 4.63. The molecule has 0 saturated heterocycles. The number of rotatable bonds is 8.